The molecule has 1 aliphatic rings. The zero-order valence-corrected chi connectivity index (χ0v) is 14.4. The number of aromatic nitrogens is 2. The number of hydrogen-bond donors (Lipinski definition) is 0. The van der Waals surface area contributed by atoms with Crippen molar-refractivity contribution in [3.63, 3.8) is 0 Å². The van der Waals surface area contributed by atoms with Crippen LogP contribution in [0.15, 0.2) is 28.8 Å². The molecule has 0 radical (unpaired) electrons. The Kier molecular flexibility index (Phi) is 4.83. The maximum Gasteiger partial charge on any atom is 0.253 e. The summed E-state index contributed by atoms with van der Waals surface area (Å²) >= 11 is 0. The molecule has 0 bridgehead atoms. The molecule has 2 atom stereocenters. The fourth-order valence-electron chi connectivity index (χ4n) is 3.25. The van der Waals surface area contributed by atoms with E-state index in [-0.39, 0.29) is 12.5 Å². The van der Waals surface area contributed by atoms with Gasteiger partial charge >= 0.3 is 0 Å². The van der Waals surface area contributed by atoms with Gasteiger partial charge in [0.25, 0.3) is 5.91 Å². The largest absolute Gasteiger partial charge is 0.485 e. The predicted molar refractivity (Wildman–Crippen MR) is 88.7 cm³/mol. The Balaban J connectivity index is 1.60. The third-order valence-corrected chi connectivity index (χ3v) is 4.19. The number of carbonyl (C=O) groups is 1. The molecular weight excluding hydrogens is 306 g/mol. The van der Waals surface area contributed by atoms with Crippen LogP contribution in [0.4, 0.5) is 0 Å². The minimum Gasteiger partial charge on any atom is -0.485 e. The number of benzene rings is 1. The normalized spacial score (nSPS) is 20.9. The number of piperidine rings is 1. The molecule has 0 aliphatic carbocycles. The van der Waals surface area contributed by atoms with Crippen molar-refractivity contribution in [2.75, 3.05) is 13.1 Å². The van der Waals surface area contributed by atoms with E-state index < -0.39 is 0 Å². The summed E-state index contributed by atoms with van der Waals surface area (Å²) in [5, 5.41) is 3.78. The van der Waals surface area contributed by atoms with Gasteiger partial charge in [-0.15, -0.1) is 0 Å². The summed E-state index contributed by atoms with van der Waals surface area (Å²) < 4.78 is 10.5. The molecule has 1 aliphatic heterocycles. The van der Waals surface area contributed by atoms with Crippen molar-refractivity contribution in [1.29, 1.82) is 0 Å². The number of aryl methyl sites for hydroxylation is 1. The van der Waals surface area contributed by atoms with Gasteiger partial charge in [0.2, 0.25) is 11.7 Å². The molecule has 6 nitrogen and oxygen atoms in total. The van der Waals surface area contributed by atoms with E-state index in [9.17, 15) is 4.79 Å². The standard InChI is InChI=1S/C18H23N3O3/c1-12-8-13(2)10-21(9-12)18(22)15-4-6-16(7-5-15)23-11-17-19-14(3)24-20-17/h4-7,12-13H,8-11H2,1-3H3/t12-,13-/m1/s1. The minimum atomic E-state index is 0.0914. The van der Waals surface area contributed by atoms with Crippen LogP contribution in [-0.2, 0) is 6.61 Å². The van der Waals surface area contributed by atoms with E-state index in [0.717, 1.165) is 13.1 Å². The molecule has 3 rings (SSSR count). The van der Waals surface area contributed by atoms with E-state index in [1.165, 1.54) is 6.42 Å². The van der Waals surface area contributed by atoms with Crippen LogP contribution in [0.5, 0.6) is 5.75 Å². The first kappa shape index (κ1) is 16.5. The first-order valence-electron chi connectivity index (χ1n) is 8.32. The molecule has 2 aromatic rings. The van der Waals surface area contributed by atoms with Crippen molar-refractivity contribution in [2.45, 2.75) is 33.8 Å². The Hall–Kier alpha value is -2.37. The SMILES string of the molecule is Cc1nc(COc2ccc(C(=O)N3C[C@H](C)C[C@@H](C)C3)cc2)no1. The molecule has 1 aromatic carbocycles. The number of hydrogen-bond acceptors (Lipinski definition) is 5. The Morgan fingerprint density at radius 1 is 1.25 bits per heavy atom. The van der Waals surface area contributed by atoms with E-state index in [1.807, 2.05) is 17.0 Å². The molecule has 0 unspecified atom stereocenters. The van der Waals surface area contributed by atoms with Gasteiger partial charge in [0.1, 0.15) is 5.75 Å². The molecule has 6 heteroatoms. The minimum absolute atomic E-state index is 0.0914. The van der Waals surface area contributed by atoms with Crippen LogP contribution >= 0.6 is 0 Å². The van der Waals surface area contributed by atoms with Crippen LogP contribution in [0, 0.1) is 18.8 Å². The average Bonchev–Trinajstić information content (AvgIpc) is 2.97. The molecule has 24 heavy (non-hydrogen) atoms. The van der Waals surface area contributed by atoms with E-state index in [4.69, 9.17) is 9.26 Å². The van der Waals surface area contributed by atoms with Crippen molar-refractivity contribution in [3.8, 4) is 5.75 Å². The molecule has 1 fully saturated rings. The zero-order valence-electron chi connectivity index (χ0n) is 14.4. The summed E-state index contributed by atoms with van der Waals surface area (Å²) in [6, 6.07) is 7.22. The van der Waals surface area contributed by atoms with Crippen molar-refractivity contribution in [3.05, 3.63) is 41.5 Å². The lowest BCUT2D eigenvalue weighted by Gasteiger charge is -2.35. The molecule has 1 amide bonds. The predicted octanol–water partition coefficient (Wildman–Crippen LogP) is 3.08. The number of nitrogens with zero attached hydrogens (tertiary/aromatic N) is 3. The maximum absolute atomic E-state index is 12.6. The van der Waals surface area contributed by atoms with Gasteiger partial charge in [-0.1, -0.05) is 19.0 Å². The summed E-state index contributed by atoms with van der Waals surface area (Å²) in [7, 11) is 0. The Morgan fingerprint density at radius 2 is 1.92 bits per heavy atom. The van der Waals surface area contributed by atoms with Gasteiger partial charge < -0.3 is 14.2 Å². The fourth-order valence-corrected chi connectivity index (χ4v) is 3.25. The van der Waals surface area contributed by atoms with Gasteiger partial charge in [-0.25, -0.2) is 0 Å². The number of amides is 1. The van der Waals surface area contributed by atoms with Crippen molar-refractivity contribution in [2.24, 2.45) is 11.8 Å². The lowest BCUT2D eigenvalue weighted by atomic mass is 9.91. The third kappa shape index (κ3) is 3.93. The number of carbonyl (C=O) groups excluding carboxylic acids is 1. The van der Waals surface area contributed by atoms with Crippen molar-refractivity contribution in [1.82, 2.24) is 15.0 Å². The molecule has 1 aromatic heterocycles. The highest BCUT2D eigenvalue weighted by Crippen LogP contribution is 2.23. The smallest absolute Gasteiger partial charge is 0.253 e. The fraction of sp³-hybridized carbons (Fsp3) is 0.500. The van der Waals surface area contributed by atoms with Crippen LogP contribution in [0.1, 0.15) is 42.3 Å². The molecule has 2 heterocycles. The number of rotatable bonds is 4. The molecule has 128 valence electrons. The van der Waals surface area contributed by atoms with Crippen molar-refractivity contribution >= 4 is 5.91 Å². The summed E-state index contributed by atoms with van der Waals surface area (Å²) in [5.74, 6) is 2.89. The summed E-state index contributed by atoms with van der Waals surface area (Å²) in [6.45, 7) is 8.04. The first-order valence-corrected chi connectivity index (χ1v) is 8.32. The average molecular weight is 329 g/mol. The summed E-state index contributed by atoms with van der Waals surface area (Å²) in [6.07, 6.45) is 1.19. The van der Waals surface area contributed by atoms with Crippen LogP contribution in [0.2, 0.25) is 0 Å². The van der Waals surface area contributed by atoms with E-state index in [2.05, 4.69) is 24.0 Å². The highest BCUT2D eigenvalue weighted by atomic mass is 16.5. The lowest BCUT2D eigenvalue weighted by molar-refractivity contribution is 0.0623. The highest BCUT2D eigenvalue weighted by molar-refractivity contribution is 5.94. The monoisotopic (exact) mass is 329 g/mol. The molecule has 0 spiro atoms. The van der Waals surface area contributed by atoms with Gasteiger partial charge in [-0.05, 0) is 42.5 Å². The summed E-state index contributed by atoms with van der Waals surface area (Å²) in [4.78, 5) is 18.7. The van der Waals surface area contributed by atoms with Gasteiger partial charge in [-0.2, -0.15) is 4.98 Å². The van der Waals surface area contributed by atoms with E-state index in [1.54, 1.807) is 19.1 Å². The van der Waals surface area contributed by atoms with Gasteiger partial charge in [0, 0.05) is 25.6 Å². The van der Waals surface area contributed by atoms with Crippen molar-refractivity contribution < 1.29 is 14.1 Å². The molecular formula is C18H23N3O3. The van der Waals surface area contributed by atoms with Crippen LogP contribution in [0.25, 0.3) is 0 Å². The van der Waals surface area contributed by atoms with Crippen LogP contribution < -0.4 is 4.74 Å². The summed E-state index contributed by atoms with van der Waals surface area (Å²) in [5.41, 5.74) is 0.694. The van der Waals surface area contributed by atoms with Gasteiger partial charge in [0.05, 0.1) is 0 Å². The molecule has 0 N–H and O–H groups in total. The maximum atomic E-state index is 12.6. The van der Waals surface area contributed by atoms with E-state index in [0.29, 0.717) is 34.9 Å². The Labute approximate surface area is 141 Å². The Morgan fingerprint density at radius 3 is 2.50 bits per heavy atom. The quantitative estimate of drug-likeness (QED) is 0.862. The molecule has 0 saturated carbocycles. The lowest BCUT2D eigenvalue weighted by Crippen LogP contribution is -2.42. The van der Waals surface area contributed by atoms with Gasteiger partial charge in [0.15, 0.2) is 6.61 Å². The second-order valence-electron chi connectivity index (χ2n) is 6.70. The molecule has 1 saturated heterocycles. The third-order valence-electron chi connectivity index (χ3n) is 4.19. The number of likely N-dealkylation sites (tertiary alicyclic amines) is 1. The second kappa shape index (κ2) is 7.03. The van der Waals surface area contributed by atoms with Gasteiger partial charge in [-0.3, -0.25) is 4.79 Å². The zero-order chi connectivity index (χ0) is 17.1. The highest BCUT2D eigenvalue weighted by Gasteiger charge is 2.26. The second-order valence-corrected chi connectivity index (χ2v) is 6.70. The first-order chi connectivity index (χ1) is 11.5. The number of ether oxygens (including phenoxy) is 1. The van der Waals surface area contributed by atoms with E-state index >= 15 is 0 Å². The van der Waals surface area contributed by atoms with Crippen LogP contribution in [-0.4, -0.2) is 34.0 Å². The Bertz CT molecular complexity index is 686. The topological polar surface area (TPSA) is 68.5 Å². The van der Waals surface area contributed by atoms with Crippen LogP contribution in [0.3, 0.4) is 0 Å².